The molecule has 1 heterocycles. The Morgan fingerprint density at radius 3 is 2.57 bits per heavy atom. The summed E-state index contributed by atoms with van der Waals surface area (Å²) in [6.07, 6.45) is 2.44. The van der Waals surface area contributed by atoms with Crippen molar-refractivity contribution in [2.45, 2.75) is 39.7 Å². The molecule has 0 saturated carbocycles. The van der Waals surface area contributed by atoms with Gasteiger partial charge in [0, 0.05) is 10.4 Å². The SMILES string of the molecule is CC[C@H](C)c1nc2ccc(Br)cc2c(=O)n1N=Cc1cc(Cl)c(OCc2ccc(C)cc2)c(Br)c1. The summed E-state index contributed by atoms with van der Waals surface area (Å²) in [6.45, 7) is 6.54. The summed E-state index contributed by atoms with van der Waals surface area (Å²) in [5, 5.41) is 5.47. The molecule has 8 heteroatoms. The Labute approximate surface area is 226 Å². The van der Waals surface area contributed by atoms with Crippen LogP contribution < -0.4 is 10.3 Å². The predicted molar refractivity (Wildman–Crippen MR) is 150 cm³/mol. The molecule has 0 N–H and O–H groups in total. The highest BCUT2D eigenvalue weighted by atomic mass is 79.9. The van der Waals surface area contributed by atoms with Crippen molar-refractivity contribution < 1.29 is 4.74 Å². The highest BCUT2D eigenvalue weighted by molar-refractivity contribution is 9.10. The molecule has 0 radical (unpaired) electrons. The average molecular weight is 618 g/mol. The first-order chi connectivity index (χ1) is 16.8. The summed E-state index contributed by atoms with van der Waals surface area (Å²) in [7, 11) is 0. The molecule has 0 saturated heterocycles. The van der Waals surface area contributed by atoms with Gasteiger partial charge in [-0.25, -0.2) is 4.98 Å². The molecule has 4 aromatic rings. The molecule has 35 heavy (non-hydrogen) atoms. The molecule has 0 amide bonds. The zero-order valence-corrected chi connectivity index (χ0v) is 23.5. The fraction of sp³-hybridized carbons (Fsp3) is 0.222. The number of ether oxygens (including phenoxy) is 1. The number of aryl methyl sites for hydroxylation is 1. The second-order valence-electron chi connectivity index (χ2n) is 8.39. The Hall–Kier alpha value is -2.48. The molecular formula is C27H24Br2ClN3O2. The van der Waals surface area contributed by atoms with Crippen LogP contribution in [-0.4, -0.2) is 15.9 Å². The first kappa shape index (κ1) is 25.6. The maximum Gasteiger partial charge on any atom is 0.282 e. The monoisotopic (exact) mass is 615 g/mol. The Morgan fingerprint density at radius 2 is 1.89 bits per heavy atom. The van der Waals surface area contributed by atoms with Crippen molar-refractivity contribution in [2.75, 3.05) is 0 Å². The van der Waals surface area contributed by atoms with Gasteiger partial charge >= 0.3 is 0 Å². The van der Waals surface area contributed by atoms with E-state index in [1.165, 1.54) is 10.2 Å². The van der Waals surface area contributed by atoms with Crippen LogP contribution in [-0.2, 0) is 6.61 Å². The second-order valence-corrected chi connectivity index (χ2v) is 10.6. The maximum atomic E-state index is 13.3. The molecule has 1 aromatic heterocycles. The normalized spacial score (nSPS) is 12.4. The topological polar surface area (TPSA) is 56.5 Å². The lowest BCUT2D eigenvalue weighted by Crippen LogP contribution is -2.23. The molecule has 1 atom stereocenters. The minimum Gasteiger partial charge on any atom is -0.486 e. The van der Waals surface area contributed by atoms with Gasteiger partial charge in [-0.1, -0.05) is 71.2 Å². The smallest absolute Gasteiger partial charge is 0.282 e. The number of halogens is 3. The number of nitrogens with zero attached hydrogens (tertiary/aromatic N) is 3. The molecule has 0 spiro atoms. The molecule has 180 valence electrons. The lowest BCUT2D eigenvalue weighted by molar-refractivity contribution is 0.304. The third-order valence-corrected chi connectivity index (χ3v) is 7.10. The van der Waals surface area contributed by atoms with E-state index < -0.39 is 0 Å². The van der Waals surface area contributed by atoms with E-state index in [-0.39, 0.29) is 11.5 Å². The molecule has 0 aliphatic rings. The number of hydrogen-bond acceptors (Lipinski definition) is 4. The standard InChI is InChI=1S/C27H24Br2ClN3O2/c1-4-17(3)26-32-24-10-9-20(28)13-21(24)27(34)33(26)31-14-19-11-22(29)25(23(30)12-19)35-15-18-7-5-16(2)6-8-18/h5-14,17H,4,15H2,1-3H3/t17-/m0/s1. The number of benzene rings is 3. The van der Waals surface area contributed by atoms with Gasteiger partial charge in [-0.2, -0.15) is 9.78 Å². The van der Waals surface area contributed by atoms with Crippen molar-refractivity contribution in [3.63, 3.8) is 0 Å². The van der Waals surface area contributed by atoms with E-state index in [9.17, 15) is 4.79 Å². The van der Waals surface area contributed by atoms with Gasteiger partial charge in [0.2, 0.25) is 0 Å². The predicted octanol–water partition coefficient (Wildman–Crippen LogP) is 7.86. The Balaban J connectivity index is 1.66. The quantitative estimate of drug-likeness (QED) is 0.199. The molecule has 0 bridgehead atoms. The van der Waals surface area contributed by atoms with Gasteiger partial charge < -0.3 is 4.74 Å². The fourth-order valence-electron chi connectivity index (χ4n) is 3.54. The van der Waals surface area contributed by atoms with Crippen molar-refractivity contribution in [1.29, 1.82) is 0 Å². The molecular weight excluding hydrogens is 594 g/mol. The summed E-state index contributed by atoms with van der Waals surface area (Å²) < 4.78 is 8.86. The van der Waals surface area contributed by atoms with Crippen LogP contribution in [0.25, 0.3) is 10.9 Å². The number of hydrogen-bond donors (Lipinski definition) is 0. The van der Waals surface area contributed by atoms with Crippen LogP contribution in [0.15, 0.2) is 73.4 Å². The summed E-state index contributed by atoms with van der Waals surface area (Å²) in [5.74, 6) is 1.23. The van der Waals surface area contributed by atoms with Crippen molar-refractivity contribution in [3.05, 3.63) is 101 Å². The Kier molecular flexibility index (Phi) is 8.09. The van der Waals surface area contributed by atoms with Gasteiger partial charge in [0.25, 0.3) is 5.56 Å². The molecule has 0 fully saturated rings. The first-order valence-electron chi connectivity index (χ1n) is 11.2. The Morgan fingerprint density at radius 1 is 1.14 bits per heavy atom. The van der Waals surface area contributed by atoms with Gasteiger partial charge in [0.1, 0.15) is 12.4 Å². The van der Waals surface area contributed by atoms with Crippen LogP contribution in [0.5, 0.6) is 5.75 Å². The van der Waals surface area contributed by atoms with E-state index in [0.717, 1.165) is 22.0 Å². The van der Waals surface area contributed by atoms with Crippen LogP contribution in [0.3, 0.4) is 0 Å². The minimum absolute atomic E-state index is 0.0563. The van der Waals surface area contributed by atoms with Crippen LogP contribution in [0, 0.1) is 6.92 Å². The first-order valence-corrected chi connectivity index (χ1v) is 13.2. The van der Waals surface area contributed by atoms with Gasteiger partial charge in [0.15, 0.2) is 5.75 Å². The highest BCUT2D eigenvalue weighted by Crippen LogP contribution is 2.35. The summed E-state index contributed by atoms with van der Waals surface area (Å²) >= 11 is 13.5. The summed E-state index contributed by atoms with van der Waals surface area (Å²) in [6, 6.07) is 17.3. The molecule has 0 unspecified atom stereocenters. The summed E-state index contributed by atoms with van der Waals surface area (Å²) in [5.41, 5.74) is 3.41. The van der Waals surface area contributed by atoms with E-state index in [2.05, 4.69) is 43.9 Å². The molecule has 0 aliphatic carbocycles. The maximum absolute atomic E-state index is 13.3. The molecule has 3 aromatic carbocycles. The summed E-state index contributed by atoms with van der Waals surface area (Å²) in [4.78, 5) is 18.0. The third kappa shape index (κ3) is 5.85. The van der Waals surface area contributed by atoms with Crippen LogP contribution in [0.1, 0.15) is 48.7 Å². The molecule has 4 rings (SSSR count). The minimum atomic E-state index is -0.217. The van der Waals surface area contributed by atoms with Crippen LogP contribution in [0.4, 0.5) is 0 Å². The zero-order valence-electron chi connectivity index (χ0n) is 19.6. The van der Waals surface area contributed by atoms with Crippen molar-refractivity contribution in [3.8, 4) is 5.75 Å². The van der Waals surface area contributed by atoms with Crippen molar-refractivity contribution in [2.24, 2.45) is 5.10 Å². The van der Waals surface area contributed by atoms with Crippen molar-refractivity contribution >= 4 is 60.6 Å². The molecule has 5 nitrogen and oxygen atoms in total. The lowest BCUT2D eigenvalue weighted by atomic mass is 10.1. The Bertz CT molecular complexity index is 1440. The zero-order chi connectivity index (χ0) is 25.1. The van der Waals surface area contributed by atoms with E-state index in [4.69, 9.17) is 21.3 Å². The third-order valence-electron chi connectivity index (χ3n) is 5.73. The van der Waals surface area contributed by atoms with E-state index >= 15 is 0 Å². The fourth-order valence-corrected chi connectivity index (χ4v) is 4.89. The van der Waals surface area contributed by atoms with Gasteiger partial charge in [-0.15, -0.1) is 0 Å². The van der Waals surface area contributed by atoms with Crippen molar-refractivity contribution in [1.82, 2.24) is 9.66 Å². The highest BCUT2D eigenvalue weighted by Gasteiger charge is 2.16. The van der Waals surface area contributed by atoms with Gasteiger partial charge in [-0.3, -0.25) is 4.79 Å². The largest absolute Gasteiger partial charge is 0.486 e. The van der Waals surface area contributed by atoms with Gasteiger partial charge in [0.05, 0.1) is 26.6 Å². The van der Waals surface area contributed by atoms with Gasteiger partial charge in [-0.05, 0) is 70.7 Å². The average Bonchev–Trinajstić information content (AvgIpc) is 2.83. The number of aromatic nitrogens is 2. The van der Waals surface area contributed by atoms with E-state index in [1.807, 2.05) is 56.3 Å². The number of rotatable bonds is 7. The second kappa shape index (κ2) is 11.1. The van der Waals surface area contributed by atoms with Crippen LogP contribution in [0.2, 0.25) is 5.02 Å². The van der Waals surface area contributed by atoms with E-state index in [1.54, 1.807) is 18.3 Å². The van der Waals surface area contributed by atoms with Crippen LogP contribution >= 0.6 is 43.5 Å². The molecule has 0 aliphatic heterocycles. The lowest BCUT2D eigenvalue weighted by Gasteiger charge is -2.14. The van der Waals surface area contributed by atoms with E-state index in [0.29, 0.717) is 38.6 Å². The number of fused-ring (bicyclic) bond motifs is 1.